The van der Waals surface area contributed by atoms with E-state index in [1.807, 2.05) is 42.6 Å². The standard InChI is InChI=1S/C19H17N5O/c1-12-7-8-20-10-13(12)3-4-14-11-21-24-18(14)19-22-16-6-5-15(25-2)9-17(16)23-19/h3-11H,1-2H3,(H,21,24)(H,22,23)/b4-3+. The maximum atomic E-state index is 5.26. The molecule has 3 heterocycles. The number of hydrogen-bond acceptors (Lipinski definition) is 4. The molecule has 0 aliphatic rings. The van der Waals surface area contributed by atoms with E-state index in [1.54, 1.807) is 19.5 Å². The van der Waals surface area contributed by atoms with Crippen LogP contribution in [0.15, 0.2) is 42.9 Å². The topological polar surface area (TPSA) is 79.5 Å². The van der Waals surface area contributed by atoms with Crippen molar-refractivity contribution in [3.8, 4) is 17.3 Å². The first kappa shape index (κ1) is 15.1. The number of ether oxygens (including phenoxy) is 1. The number of methoxy groups -OCH3 is 1. The zero-order valence-corrected chi connectivity index (χ0v) is 13.9. The molecule has 1 aromatic carbocycles. The number of imidazole rings is 1. The summed E-state index contributed by atoms with van der Waals surface area (Å²) in [6, 6.07) is 7.74. The van der Waals surface area contributed by atoms with Crippen LogP contribution in [0.2, 0.25) is 0 Å². The average molecular weight is 331 g/mol. The van der Waals surface area contributed by atoms with Gasteiger partial charge in [-0.3, -0.25) is 10.1 Å². The Morgan fingerprint density at radius 2 is 1.96 bits per heavy atom. The summed E-state index contributed by atoms with van der Waals surface area (Å²) in [7, 11) is 1.65. The lowest BCUT2D eigenvalue weighted by Gasteiger charge is -1.98. The second kappa shape index (κ2) is 6.24. The van der Waals surface area contributed by atoms with E-state index < -0.39 is 0 Å². The summed E-state index contributed by atoms with van der Waals surface area (Å²) < 4.78 is 5.26. The Bertz CT molecular complexity index is 1060. The molecule has 0 atom stereocenters. The number of nitrogens with one attached hydrogen (secondary N) is 2. The molecule has 2 N–H and O–H groups in total. The molecule has 4 rings (SSSR count). The van der Waals surface area contributed by atoms with Crippen LogP contribution in [0.4, 0.5) is 0 Å². The van der Waals surface area contributed by atoms with Crippen LogP contribution in [-0.4, -0.2) is 32.3 Å². The molecule has 25 heavy (non-hydrogen) atoms. The Morgan fingerprint density at radius 3 is 2.80 bits per heavy atom. The minimum atomic E-state index is 0.739. The van der Waals surface area contributed by atoms with Gasteiger partial charge in [-0.2, -0.15) is 5.10 Å². The highest BCUT2D eigenvalue weighted by Gasteiger charge is 2.11. The first-order chi connectivity index (χ1) is 12.2. The van der Waals surface area contributed by atoms with Gasteiger partial charge in [0.05, 0.1) is 24.3 Å². The van der Waals surface area contributed by atoms with E-state index in [-0.39, 0.29) is 0 Å². The first-order valence-corrected chi connectivity index (χ1v) is 7.91. The summed E-state index contributed by atoms with van der Waals surface area (Å²) in [6.07, 6.45) is 9.46. The number of benzene rings is 1. The summed E-state index contributed by atoms with van der Waals surface area (Å²) in [5, 5.41) is 7.18. The van der Waals surface area contributed by atoms with Gasteiger partial charge in [-0.15, -0.1) is 0 Å². The van der Waals surface area contributed by atoms with Crippen LogP contribution >= 0.6 is 0 Å². The number of nitrogens with zero attached hydrogens (tertiary/aromatic N) is 3. The fourth-order valence-electron chi connectivity index (χ4n) is 2.68. The van der Waals surface area contributed by atoms with Gasteiger partial charge < -0.3 is 9.72 Å². The number of aryl methyl sites for hydroxylation is 1. The van der Waals surface area contributed by atoms with Crippen molar-refractivity contribution in [1.29, 1.82) is 0 Å². The van der Waals surface area contributed by atoms with Crippen LogP contribution < -0.4 is 4.74 Å². The van der Waals surface area contributed by atoms with Crippen LogP contribution in [0.1, 0.15) is 16.7 Å². The Hall–Kier alpha value is -3.41. The SMILES string of the molecule is COc1ccc2nc(-c3[nH]ncc3/C=C/c3cnccc3C)[nH]c2c1. The highest BCUT2D eigenvalue weighted by molar-refractivity contribution is 5.83. The maximum absolute atomic E-state index is 5.26. The molecule has 0 fully saturated rings. The number of rotatable bonds is 4. The Kier molecular flexibility index (Phi) is 3.78. The van der Waals surface area contributed by atoms with Gasteiger partial charge in [0.2, 0.25) is 0 Å². The van der Waals surface area contributed by atoms with Gasteiger partial charge in [-0.25, -0.2) is 4.98 Å². The molecule has 6 nitrogen and oxygen atoms in total. The summed E-state index contributed by atoms with van der Waals surface area (Å²) >= 11 is 0. The number of aromatic amines is 2. The number of hydrogen-bond donors (Lipinski definition) is 2. The third kappa shape index (κ3) is 2.89. The minimum Gasteiger partial charge on any atom is -0.497 e. The van der Waals surface area contributed by atoms with Crippen molar-refractivity contribution < 1.29 is 4.74 Å². The lowest BCUT2D eigenvalue weighted by atomic mass is 10.1. The molecule has 0 amide bonds. The van der Waals surface area contributed by atoms with Crippen molar-refractivity contribution in [1.82, 2.24) is 25.1 Å². The monoisotopic (exact) mass is 331 g/mol. The second-order valence-corrected chi connectivity index (χ2v) is 5.73. The largest absolute Gasteiger partial charge is 0.497 e. The van der Waals surface area contributed by atoms with Crippen molar-refractivity contribution in [3.05, 3.63) is 59.5 Å². The van der Waals surface area contributed by atoms with Crippen LogP contribution in [0.5, 0.6) is 5.75 Å². The van der Waals surface area contributed by atoms with Crippen molar-refractivity contribution in [2.75, 3.05) is 7.11 Å². The van der Waals surface area contributed by atoms with Crippen molar-refractivity contribution >= 4 is 23.2 Å². The smallest absolute Gasteiger partial charge is 0.157 e. The third-order valence-electron chi connectivity index (χ3n) is 4.12. The van der Waals surface area contributed by atoms with E-state index in [0.717, 1.165) is 39.4 Å². The van der Waals surface area contributed by atoms with Crippen molar-refractivity contribution in [3.63, 3.8) is 0 Å². The summed E-state index contributed by atoms with van der Waals surface area (Å²) in [5.74, 6) is 1.53. The molecule has 124 valence electrons. The number of fused-ring (bicyclic) bond motifs is 1. The number of pyridine rings is 1. The van der Waals surface area contributed by atoms with Gasteiger partial charge in [0.1, 0.15) is 11.4 Å². The first-order valence-electron chi connectivity index (χ1n) is 7.91. The highest BCUT2D eigenvalue weighted by atomic mass is 16.5. The van der Waals surface area contributed by atoms with Crippen LogP contribution in [0.25, 0.3) is 34.7 Å². The predicted octanol–water partition coefficient (Wildman–Crippen LogP) is 3.84. The Balaban J connectivity index is 1.71. The minimum absolute atomic E-state index is 0.739. The van der Waals surface area contributed by atoms with Gasteiger partial charge in [-0.1, -0.05) is 12.2 Å². The van der Waals surface area contributed by atoms with Gasteiger partial charge in [-0.05, 0) is 36.2 Å². The van der Waals surface area contributed by atoms with Crippen molar-refractivity contribution in [2.45, 2.75) is 6.92 Å². The predicted molar refractivity (Wildman–Crippen MR) is 98.1 cm³/mol. The molecule has 4 aromatic rings. The molecule has 0 saturated carbocycles. The molecule has 0 unspecified atom stereocenters. The van der Waals surface area contributed by atoms with Crippen molar-refractivity contribution in [2.24, 2.45) is 0 Å². The van der Waals surface area contributed by atoms with E-state index in [0.29, 0.717) is 0 Å². The summed E-state index contributed by atoms with van der Waals surface area (Å²) in [5.41, 5.74) is 5.84. The van der Waals surface area contributed by atoms with E-state index in [9.17, 15) is 0 Å². The summed E-state index contributed by atoms with van der Waals surface area (Å²) in [6.45, 7) is 2.06. The van der Waals surface area contributed by atoms with E-state index in [1.165, 1.54) is 5.56 Å². The molecule has 0 radical (unpaired) electrons. The molecule has 0 aliphatic carbocycles. The maximum Gasteiger partial charge on any atom is 0.157 e. The Labute approximate surface area is 144 Å². The molecular formula is C19H17N5O. The van der Waals surface area contributed by atoms with E-state index in [2.05, 4.69) is 32.1 Å². The van der Waals surface area contributed by atoms with Crippen LogP contribution in [0, 0.1) is 6.92 Å². The quantitative estimate of drug-likeness (QED) is 0.595. The normalized spacial score (nSPS) is 11.4. The van der Waals surface area contributed by atoms with Gasteiger partial charge in [0.15, 0.2) is 5.82 Å². The zero-order chi connectivity index (χ0) is 17.2. The van der Waals surface area contributed by atoms with E-state index in [4.69, 9.17) is 4.74 Å². The van der Waals surface area contributed by atoms with Gasteiger partial charge >= 0.3 is 0 Å². The molecule has 0 spiro atoms. The molecule has 0 saturated heterocycles. The molecule has 6 heteroatoms. The van der Waals surface area contributed by atoms with E-state index >= 15 is 0 Å². The number of H-pyrrole nitrogens is 2. The highest BCUT2D eigenvalue weighted by Crippen LogP contribution is 2.25. The number of aromatic nitrogens is 5. The fraction of sp³-hybridized carbons (Fsp3) is 0.105. The fourth-order valence-corrected chi connectivity index (χ4v) is 2.68. The lowest BCUT2D eigenvalue weighted by molar-refractivity contribution is 0.415. The molecular weight excluding hydrogens is 314 g/mol. The second-order valence-electron chi connectivity index (χ2n) is 5.73. The van der Waals surface area contributed by atoms with Crippen LogP contribution in [-0.2, 0) is 0 Å². The Morgan fingerprint density at radius 1 is 1.08 bits per heavy atom. The zero-order valence-electron chi connectivity index (χ0n) is 13.9. The van der Waals surface area contributed by atoms with Gasteiger partial charge in [0, 0.05) is 24.0 Å². The summed E-state index contributed by atoms with van der Waals surface area (Å²) in [4.78, 5) is 12.1. The molecule has 0 bridgehead atoms. The average Bonchev–Trinajstić information content (AvgIpc) is 3.26. The third-order valence-corrected chi connectivity index (χ3v) is 4.12. The lowest BCUT2D eigenvalue weighted by Crippen LogP contribution is -1.84. The van der Waals surface area contributed by atoms with Crippen LogP contribution in [0.3, 0.4) is 0 Å². The molecule has 3 aromatic heterocycles. The molecule has 0 aliphatic heterocycles. The van der Waals surface area contributed by atoms with Gasteiger partial charge in [0.25, 0.3) is 0 Å².